The van der Waals surface area contributed by atoms with E-state index in [4.69, 9.17) is 4.52 Å². The minimum Gasteiger partial charge on any atom is -0.392 e. The highest BCUT2D eigenvalue weighted by Crippen LogP contribution is 2.22. The monoisotopic (exact) mass is 320 g/mol. The third-order valence-corrected chi connectivity index (χ3v) is 3.62. The van der Waals surface area contributed by atoms with Crippen molar-refractivity contribution in [3.63, 3.8) is 0 Å². The van der Waals surface area contributed by atoms with E-state index in [-0.39, 0.29) is 11.5 Å². The first-order valence-corrected chi connectivity index (χ1v) is 7.17. The molecule has 1 saturated heterocycles. The van der Waals surface area contributed by atoms with Gasteiger partial charge >= 0.3 is 0 Å². The van der Waals surface area contributed by atoms with E-state index >= 15 is 0 Å². The Labute approximate surface area is 131 Å². The normalized spacial score (nSPS) is 22.2. The molecule has 0 spiro atoms. The summed E-state index contributed by atoms with van der Waals surface area (Å²) in [5.41, 5.74) is 0.448. The van der Waals surface area contributed by atoms with Crippen molar-refractivity contribution in [3.05, 3.63) is 40.3 Å². The maximum Gasteiger partial charge on any atom is 0.270 e. The molecule has 1 aliphatic heterocycles. The van der Waals surface area contributed by atoms with E-state index in [1.54, 1.807) is 12.1 Å². The van der Waals surface area contributed by atoms with Crippen molar-refractivity contribution >= 4 is 5.69 Å². The fraction of sp³-hybridized carbons (Fsp3) is 0.429. The number of aliphatic hydroxyl groups is 2. The molecule has 2 atom stereocenters. The molecule has 1 aliphatic rings. The van der Waals surface area contributed by atoms with Gasteiger partial charge in [0.2, 0.25) is 11.7 Å². The minimum absolute atomic E-state index is 0.0453. The lowest BCUT2D eigenvalue weighted by Crippen LogP contribution is -2.45. The Morgan fingerprint density at radius 3 is 2.78 bits per heavy atom. The molecule has 1 aromatic carbocycles. The second kappa shape index (κ2) is 6.41. The van der Waals surface area contributed by atoms with Crippen LogP contribution in [0.25, 0.3) is 11.4 Å². The highest BCUT2D eigenvalue weighted by molar-refractivity contribution is 5.58. The molecule has 122 valence electrons. The van der Waals surface area contributed by atoms with Crippen molar-refractivity contribution < 1.29 is 19.7 Å². The summed E-state index contributed by atoms with van der Waals surface area (Å²) < 4.78 is 5.16. The van der Waals surface area contributed by atoms with E-state index in [9.17, 15) is 20.3 Å². The first kappa shape index (κ1) is 15.5. The van der Waals surface area contributed by atoms with Crippen LogP contribution in [-0.2, 0) is 6.54 Å². The Hall–Kier alpha value is -2.36. The Morgan fingerprint density at radius 2 is 2.09 bits per heavy atom. The number of nitro benzene ring substituents is 1. The number of aromatic nitrogens is 2. The predicted octanol–water partition coefficient (Wildman–Crippen LogP) is 0.572. The summed E-state index contributed by atoms with van der Waals surface area (Å²) in [6.45, 7) is 1.15. The summed E-state index contributed by atoms with van der Waals surface area (Å²) in [6.07, 6.45) is -0.810. The highest BCUT2D eigenvalue weighted by atomic mass is 16.6. The lowest BCUT2D eigenvalue weighted by molar-refractivity contribution is -0.384. The summed E-state index contributed by atoms with van der Waals surface area (Å²) in [6, 6.07) is 5.99. The van der Waals surface area contributed by atoms with Gasteiger partial charge in [-0.15, -0.1) is 0 Å². The lowest BCUT2D eigenvalue weighted by atomic mass is 10.1. The number of hydrogen-bond acceptors (Lipinski definition) is 8. The van der Waals surface area contributed by atoms with Gasteiger partial charge in [-0.05, 0) is 0 Å². The van der Waals surface area contributed by atoms with E-state index in [0.29, 0.717) is 37.5 Å². The summed E-state index contributed by atoms with van der Waals surface area (Å²) in [4.78, 5) is 16.4. The number of nitro groups is 1. The van der Waals surface area contributed by atoms with Gasteiger partial charge < -0.3 is 14.7 Å². The number of β-amino-alcohol motifs (C(OH)–C–C–N with tert-alkyl or cyclic N) is 2. The van der Waals surface area contributed by atoms with E-state index in [2.05, 4.69) is 10.1 Å². The second-order valence-corrected chi connectivity index (χ2v) is 5.56. The fourth-order valence-electron chi connectivity index (χ4n) is 2.65. The largest absolute Gasteiger partial charge is 0.392 e. The average molecular weight is 320 g/mol. The molecule has 2 heterocycles. The van der Waals surface area contributed by atoms with Crippen LogP contribution in [0.1, 0.15) is 12.3 Å². The van der Waals surface area contributed by atoms with E-state index in [0.717, 1.165) is 0 Å². The number of non-ortho nitro benzene ring substituents is 1. The molecule has 1 fully saturated rings. The number of benzene rings is 1. The van der Waals surface area contributed by atoms with Crippen molar-refractivity contribution in [2.45, 2.75) is 25.2 Å². The zero-order chi connectivity index (χ0) is 16.4. The molecule has 9 heteroatoms. The minimum atomic E-state index is -0.585. The standard InChI is InChI=1S/C14H16N4O5/c19-11-5-12(20)7-17(6-11)8-13-15-14(16-23-13)9-2-1-3-10(4-9)18(21)22/h1-4,11-12,19-20H,5-8H2/t11-,12+. The number of rotatable bonds is 4. The molecule has 2 aromatic rings. The molecule has 0 unspecified atom stereocenters. The molecule has 23 heavy (non-hydrogen) atoms. The fourth-order valence-corrected chi connectivity index (χ4v) is 2.65. The summed E-state index contributed by atoms with van der Waals surface area (Å²) >= 11 is 0. The predicted molar refractivity (Wildman–Crippen MR) is 78.3 cm³/mol. The Bertz CT molecular complexity index is 694. The van der Waals surface area contributed by atoms with Gasteiger partial charge in [-0.1, -0.05) is 17.3 Å². The molecule has 3 rings (SSSR count). The van der Waals surface area contributed by atoms with Gasteiger partial charge in [-0.2, -0.15) is 4.98 Å². The van der Waals surface area contributed by atoms with Crippen LogP contribution in [0, 0.1) is 10.1 Å². The Kier molecular flexibility index (Phi) is 4.33. The van der Waals surface area contributed by atoms with Crippen LogP contribution in [0.2, 0.25) is 0 Å². The molecule has 0 radical (unpaired) electrons. The zero-order valence-corrected chi connectivity index (χ0v) is 12.2. The van der Waals surface area contributed by atoms with Crippen molar-refractivity contribution in [1.82, 2.24) is 15.0 Å². The summed E-state index contributed by atoms with van der Waals surface area (Å²) in [5, 5.41) is 34.0. The molecule has 1 aromatic heterocycles. The van der Waals surface area contributed by atoms with Crippen LogP contribution in [0.15, 0.2) is 28.8 Å². The molecule has 0 amide bonds. The van der Waals surface area contributed by atoms with Gasteiger partial charge in [0.1, 0.15) is 0 Å². The number of piperidine rings is 1. The average Bonchev–Trinajstić information content (AvgIpc) is 2.95. The van der Waals surface area contributed by atoms with Gasteiger partial charge in [0.15, 0.2) is 0 Å². The first-order valence-electron chi connectivity index (χ1n) is 7.17. The van der Waals surface area contributed by atoms with E-state index < -0.39 is 17.1 Å². The van der Waals surface area contributed by atoms with Crippen LogP contribution in [0.3, 0.4) is 0 Å². The molecule has 9 nitrogen and oxygen atoms in total. The van der Waals surface area contributed by atoms with Crippen molar-refractivity contribution in [1.29, 1.82) is 0 Å². The molecule has 0 bridgehead atoms. The summed E-state index contributed by atoms with van der Waals surface area (Å²) in [5.74, 6) is 0.592. The second-order valence-electron chi connectivity index (χ2n) is 5.56. The van der Waals surface area contributed by atoms with Gasteiger partial charge in [0.25, 0.3) is 5.69 Å². The first-order chi connectivity index (χ1) is 11.0. The maximum atomic E-state index is 10.8. The zero-order valence-electron chi connectivity index (χ0n) is 12.2. The smallest absolute Gasteiger partial charge is 0.270 e. The molecule has 0 aliphatic carbocycles. The van der Waals surface area contributed by atoms with Crippen molar-refractivity contribution in [3.8, 4) is 11.4 Å². The van der Waals surface area contributed by atoms with Crippen LogP contribution < -0.4 is 0 Å². The van der Waals surface area contributed by atoms with Crippen molar-refractivity contribution in [2.24, 2.45) is 0 Å². The Morgan fingerprint density at radius 1 is 1.35 bits per heavy atom. The number of aliphatic hydroxyl groups excluding tert-OH is 2. The van der Waals surface area contributed by atoms with Gasteiger partial charge in [-0.3, -0.25) is 15.0 Å². The highest BCUT2D eigenvalue weighted by Gasteiger charge is 2.25. The quantitative estimate of drug-likeness (QED) is 0.618. The molecule has 0 saturated carbocycles. The van der Waals surface area contributed by atoms with Gasteiger partial charge in [0, 0.05) is 37.2 Å². The van der Waals surface area contributed by atoms with Crippen LogP contribution >= 0.6 is 0 Å². The van der Waals surface area contributed by atoms with Crippen molar-refractivity contribution in [2.75, 3.05) is 13.1 Å². The SMILES string of the molecule is O=[N+]([O-])c1cccc(-c2noc(CN3C[C@H](O)C[C@H](O)C3)n2)c1. The van der Waals surface area contributed by atoms with E-state index in [1.165, 1.54) is 12.1 Å². The molecule has 2 N–H and O–H groups in total. The van der Waals surface area contributed by atoms with Crippen LogP contribution in [0.4, 0.5) is 5.69 Å². The van der Waals surface area contributed by atoms with Gasteiger partial charge in [0.05, 0.1) is 23.7 Å². The maximum absolute atomic E-state index is 10.8. The van der Waals surface area contributed by atoms with Crippen LogP contribution in [0.5, 0.6) is 0 Å². The third kappa shape index (κ3) is 3.70. The van der Waals surface area contributed by atoms with E-state index in [1.807, 2.05) is 4.90 Å². The number of hydrogen-bond donors (Lipinski definition) is 2. The topological polar surface area (TPSA) is 126 Å². The van der Waals surface area contributed by atoms with Crippen LogP contribution in [-0.4, -0.2) is 55.5 Å². The van der Waals surface area contributed by atoms with Gasteiger partial charge in [-0.25, -0.2) is 0 Å². The number of nitrogens with zero attached hydrogens (tertiary/aromatic N) is 4. The Balaban J connectivity index is 1.73. The molecular weight excluding hydrogens is 304 g/mol. The number of likely N-dealkylation sites (tertiary alicyclic amines) is 1. The lowest BCUT2D eigenvalue weighted by Gasteiger charge is -2.32. The summed E-state index contributed by atoms with van der Waals surface area (Å²) in [7, 11) is 0. The molecular formula is C14H16N4O5. The third-order valence-electron chi connectivity index (χ3n) is 3.62.